The van der Waals surface area contributed by atoms with Crippen molar-refractivity contribution in [2.75, 3.05) is 6.54 Å². The fourth-order valence-corrected chi connectivity index (χ4v) is 4.45. The summed E-state index contributed by atoms with van der Waals surface area (Å²) in [6.45, 7) is 0.729. The topological polar surface area (TPSA) is 125 Å². The average molecular weight is 435 g/mol. The van der Waals surface area contributed by atoms with Crippen molar-refractivity contribution in [1.29, 1.82) is 0 Å². The number of aromatic amines is 1. The number of rotatable bonds is 6. The monoisotopic (exact) mass is 435 g/mol. The summed E-state index contributed by atoms with van der Waals surface area (Å²) < 4.78 is 1.34. The van der Waals surface area contributed by atoms with Gasteiger partial charge >= 0.3 is 0 Å². The van der Waals surface area contributed by atoms with Crippen LogP contribution in [-0.4, -0.2) is 53.9 Å². The molecule has 10 heteroatoms. The highest BCUT2D eigenvalue weighted by Crippen LogP contribution is 2.17. The minimum atomic E-state index is -0.159. The van der Waals surface area contributed by atoms with Crippen LogP contribution in [-0.2, 0) is 35.4 Å². The Labute approximate surface area is 184 Å². The fourth-order valence-electron chi connectivity index (χ4n) is 4.45. The molecular weight excluding hydrogens is 410 g/mol. The first kappa shape index (κ1) is 20.3. The SMILES string of the molecule is O=C1CC[C@@H](CN(Cc2ccccn2)C(=O)Cc2nc3nc4c(c(=O)n3[nH]2)CCCC4)N1. The second kappa shape index (κ2) is 8.52. The van der Waals surface area contributed by atoms with Crippen molar-refractivity contribution < 1.29 is 9.59 Å². The van der Waals surface area contributed by atoms with Gasteiger partial charge in [0.2, 0.25) is 11.8 Å². The predicted molar refractivity (Wildman–Crippen MR) is 115 cm³/mol. The number of hydrogen-bond acceptors (Lipinski definition) is 6. The largest absolute Gasteiger partial charge is 0.352 e. The van der Waals surface area contributed by atoms with E-state index >= 15 is 0 Å². The Morgan fingerprint density at radius 3 is 2.81 bits per heavy atom. The zero-order valence-electron chi connectivity index (χ0n) is 17.7. The number of aryl methyl sites for hydroxylation is 1. The number of fused-ring (bicyclic) bond motifs is 2. The van der Waals surface area contributed by atoms with Gasteiger partial charge in [-0.05, 0) is 44.2 Å². The molecule has 166 valence electrons. The van der Waals surface area contributed by atoms with Gasteiger partial charge < -0.3 is 10.2 Å². The highest BCUT2D eigenvalue weighted by atomic mass is 16.2. The fraction of sp³-hybridized carbons (Fsp3) is 0.455. The van der Waals surface area contributed by atoms with Crippen molar-refractivity contribution in [3.05, 3.63) is 57.5 Å². The number of amides is 2. The number of aromatic nitrogens is 5. The van der Waals surface area contributed by atoms with Gasteiger partial charge in [0, 0.05) is 30.8 Å². The number of nitrogens with zero attached hydrogens (tertiary/aromatic N) is 5. The number of hydrogen-bond donors (Lipinski definition) is 2. The summed E-state index contributed by atoms with van der Waals surface area (Å²) in [5.41, 5.74) is 2.19. The van der Waals surface area contributed by atoms with E-state index in [1.807, 2.05) is 18.2 Å². The molecule has 32 heavy (non-hydrogen) atoms. The molecule has 10 nitrogen and oxygen atoms in total. The van der Waals surface area contributed by atoms with E-state index in [0.717, 1.165) is 42.6 Å². The van der Waals surface area contributed by atoms with Gasteiger partial charge in [0.1, 0.15) is 5.82 Å². The summed E-state index contributed by atoms with van der Waals surface area (Å²) in [7, 11) is 0. The van der Waals surface area contributed by atoms with Gasteiger partial charge in [0.15, 0.2) is 0 Å². The van der Waals surface area contributed by atoms with Crippen molar-refractivity contribution in [3.8, 4) is 0 Å². The third kappa shape index (κ3) is 4.12. The Bertz CT molecular complexity index is 1220. The smallest absolute Gasteiger partial charge is 0.277 e. The number of nitrogens with one attached hydrogen (secondary N) is 2. The number of carbonyl (C=O) groups excluding carboxylic acids is 2. The number of H-pyrrole nitrogens is 1. The normalized spacial score (nSPS) is 17.9. The van der Waals surface area contributed by atoms with Gasteiger partial charge in [-0.15, -0.1) is 0 Å². The molecule has 2 aliphatic rings. The highest BCUT2D eigenvalue weighted by molar-refractivity contribution is 5.80. The van der Waals surface area contributed by atoms with E-state index in [1.54, 1.807) is 11.1 Å². The molecule has 0 unspecified atom stereocenters. The molecule has 5 rings (SSSR count). The zero-order chi connectivity index (χ0) is 22.1. The van der Waals surface area contributed by atoms with Crippen LogP contribution in [0.4, 0.5) is 0 Å². The standard InChI is InChI=1S/C22H25N7O3/c30-19-9-8-15(24-19)13-28(12-14-5-3-4-10-23-14)20(31)11-18-26-22-25-17-7-2-1-6-16(17)21(32)29(22)27-18/h3-5,10,15H,1-2,6-9,11-13H2,(H,24,30)(H,25,26,27)/t15-/m0/s1. The van der Waals surface area contributed by atoms with Gasteiger partial charge in [-0.3, -0.25) is 24.5 Å². The van der Waals surface area contributed by atoms with Crippen LogP contribution in [0.15, 0.2) is 29.2 Å². The molecule has 1 saturated heterocycles. The predicted octanol–water partition coefficient (Wildman–Crippen LogP) is 0.541. The van der Waals surface area contributed by atoms with Crippen molar-refractivity contribution in [1.82, 2.24) is 34.8 Å². The van der Waals surface area contributed by atoms with Crippen LogP contribution in [0, 0.1) is 0 Å². The first-order chi connectivity index (χ1) is 15.6. The highest BCUT2D eigenvalue weighted by Gasteiger charge is 2.27. The van der Waals surface area contributed by atoms with Crippen LogP contribution in [0.1, 0.15) is 48.5 Å². The van der Waals surface area contributed by atoms with Crippen LogP contribution >= 0.6 is 0 Å². The van der Waals surface area contributed by atoms with Crippen LogP contribution in [0.2, 0.25) is 0 Å². The Kier molecular flexibility index (Phi) is 5.42. The Balaban J connectivity index is 1.38. The molecule has 2 N–H and O–H groups in total. The summed E-state index contributed by atoms with van der Waals surface area (Å²) in [5.74, 6) is 0.543. The second-order valence-corrected chi connectivity index (χ2v) is 8.43. The van der Waals surface area contributed by atoms with E-state index in [1.165, 1.54) is 4.52 Å². The molecule has 4 heterocycles. The lowest BCUT2D eigenvalue weighted by Gasteiger charge is -2.25. The molecule has 1 aliphatic heterocycles. The van der Waals surface area contributed by atoms with E-state index in [4.69, 9.17) is 0 Å². The summed E-state index contributed by atoms with van der Waals surface area (Å²) in [5, 5.41) is 5.88. The Morgan fingerprint density at radius 1 is 1.16 bits per heavy atom. The molecule has 0 radical (unpaired) electrons. The Hall–Kier alpha value is -3.56. The lowest BCUT2D eigenvalue weighted by atomic mass is 9.97. The zero-order valence-corrected chi connectivity index (χ0v) is 17.7. The minimum Gasteiger partial charge on any atom is -0.352 e. The number of pyridine rings is 1. The molecule has 0 aromatic carbocycles. The van der Waals surface area contributed by atoms with E-state index in [2.05, 4.69) is 25.4 Å². The molecular formula is C22H25N7O3. The molecule has 1 fully saturated rings. The first-order valence-corrected chi connectivity index (χ1v) is 11.0. The maximum absolute atomic E-state index is 13.2. The van der Waals surface area contributed by atoms with E-state index in [0.29, 0.717) is 37.5 Å². The summed E-state index contributed by atoms with van der Waals surface area (Å²) in [4.78, 5) is 52.6. The van der Waals surface area contributed by atoms with Gasteiger partial charge in [0.05, 0.1) is 24.4 Å². The van der Waals surface area contributed by atoms with Crippen molar-refractivity contribution in [2.45, 2.75) is 57.5 Å². The van der Waals surface area contributed by atoms with Crippen LogP contribution in [0.5, 0.6) is 0 Å². The van der Waals surface area contributed by atoms with Crippen LogP contribution in [0.3, 0.4) is 0 Å². The molecule has 2 amide bonds. The van der Waals surface area contributed by atoms with E-state index < -0.39 is 0 Å². The molecule has 0 bridgehead atoms. The maximum Gasteiger partial charge on any atom is 0.277 e. The van der Waals surface area contributed by atoms with Crippen LogP contribution in [0.25, 0.3) is 5.78 Å². The first-order valence-electron chi connectivity index (χ1n) is 11.0. The summed E-state index contributed by atoms with van der Waals surface area (Å²) in [6.07, 6.45) is 6.37. The molecule has 1 aliphatic carbocycles. The number of carbonyl (C=O) groups is 2. The minimum absolute atomic E-state index is 0.000959. The second-order valence-electron chi connectivity index (χ2n) is 8.43. The van der Waals surface area contributed by atoms with Crippen LogP contribution < -0.4 is 10.9 Å². The molecule has 0 saturated carbocycles. The van der Waals surface area contributed by atoms with Gasteiger partial charge in [-0.25, -0.2) is 4.98 Å². The van der Waals surface area contributed by atoms with Gasteiger partial charge in [-0.2, -0.15) is 9.50 Å². The van der Waals surface area contributed by atoms with Crippen molar-refractivity contribution in [3.63, 3.8) is 0 Å². The third-order valence-corrected chi connectivity index (χ3v) is 6.09. The maximum atomic E-state index is 13.2. The van der Waals surface area contributed by atoms with Crippen molar-refractivity contribution in [2.24, 2.45) is 0 Å². The van der Waals surface area contributed by atoms with Crippen molar-refractivity contribution >= 4 is 17.6 Å². The Morgan fingerprint density at radius 2 is 2.03 bits per heavy atom. The molecule has 1 atom stereocenters. The molecule has 0 spiro atoms. The van der Waals surface area contributed by atoms with Gasteiger partial charge in [-0.1, -0.05) is 6.07 Å². The summed E-state index contributed by atoms with van der Waals surface area (Å²) in [6, 6.07) is 5.48. The third-order valence-electron chi connectivity index (χ3n) is 6.09. The van der Waals surface area contributed by atoms with E-state index in [9.17, 15) is 14.4 Å². The average Bonchev–Trinajstić information content (AvgIpc) is 3.39. The lowest BCUT2D eigenvalue weighted by molar-refractivity contribution is -0.132. The van der Waals surface area contributed by atoms with E-state index in [-0.39, 0.29) is 29.8 Å². The summed E-state index contributed by atoms with van der Waals surface area (Å²) >= 11 is 0. The lowest BCUT2D eigenvalue weighted by Crippen LogP contribution is -2.42. The quantitative estimate of drug-likeness (QED) is 0.582. The molecule has 3 aromatic rings. The van der Waals surface area contributed by atoms with Gasteiger partial charge in [0.25, 0.3) is 11.3 Å². The molecule has 3 aromatic heterocycles.